The average molecular weight is 433 g/mol. The first kappa shape index (κ1) is 23.6. The number of aliphatic hydroxyl groups excluding tert-OH is 2. The van der Waals surface area contributed by atoms with Gasteiger partial charge in [-0.15, -0.1) is 0 Å². The molecule has 3 aromatic rings. The molecular formula is C27H32N2O3. The fourth-order valence-corrected chi connectivity index (χ4v) is 3.39. The summed E-state index contributed by atoms with van der Waals surface area (Å²) in [7, 11) is 0. The van der Waals surface area contributed by atoms with E-state index >= 15 is 0 Å². The Morgan fingerprint density at radius 1 is 0.625 bits per heavy atom. The molecule has 3 aromatic carbocycles. The van der Waals surface area contributed by atoms with E-state index in [1.54, 1.807) is 0 Å². The Hall–Kier alpha value is -3.02. The minimum Gasteiger partial charge on any atom is -0.494 e. The van der Waals surface area contributed by atoms with E-state index in [0.717, 1.165) is 54.8 Å². The van der Waals surface area contributed by atoms with Gasteiger partial charge in [0.2, 0.25) is 0 Å². The predicted octanol–water partition coefficient (Wildman–Crippen LogP) is 6.70. The number of hydrogen-bond donors (Lipinski definition) is 2. The zero-order valence-electron chi connectivity index (χ0n) is 18.4. The van der Waals surface area contributed by atoms with E-state index in [1.165, 1.54) is 5.56 Å². The van der Waals surface area contributed by atoms with E-state index < -0.39 is 0 Å². The molecule has 5 nitrogen and oxygen atoms in total. The maximum Gasteiger partial charge on any atom is 0.119 e. The topological polar surface area (TPSA) is 74.4 Å². The molecule has 0 aliphatic carbocycles. The predicted molar refractivity (Wildman–Crippen MR) is 129 cm³/mol. The molecule has 0 saturated heterocycles. The van der Waals surface area contributed by atoms with E-state index in [2.05, 4.69) is 34.5 Å². The Bertz CT molecular complexity index is 921. The highest BCUT2D eigenvalue weighted by molar-refractivity contribution is 5.65. The normalized spacial score (nSPS) is 11.3. The van der Waals surface area contributed by atoms with E-state index in [-0.39, 0.29) is 19.1 Å². The monoisotopic (exact) mass is 432 g/mol. The van der Waals surface area contributed by atoms with Crippen molar-refractivity contribution in [1.82, 2.24) is 0 Å². The second-order valence-electron chi connectivity index (χ2n) is 7.89. The summed E-state index contributed by atoms with van der Waals surface area (Å²) in [6.07, 6.45) is 5.06. The number of ether oxygens (including phenoxy) is 1. The van der Waals surface area contributed by atoms with Crippen LogP contribution in [0.15, 0.2) is 89.1 Å². The highest BCUT2D eigenvalue weighted by atomic mass is 16.5. The lowest BCUT2D eigenvalue weighted by atomic mass is 10.0. The van der Waals surface area contributed by atoms with Crippen LogP contribution in [-0.2, 0) is 0 Å². The highest BCUT2D eigenvalue weighted by Crippen LogP contribution is 2.25. The van der Waals surface area contributed by atoms with Crippen molar-refractivity contribution in [2.75, 3.05) is 19.8 Å². The van der Waals surface area contributed by atoms with Crippen LogP contribution in [-0.4, -0.2) is 30.0 Å². The zero-order chi connectivity index (χ0) is 22.4. The number of unbranched alkanes of at least 4 members (excludes halogenated alkanes) is 3. The van der Waals surface area contributed by atoms with Crippen LogP contribution in [0.25, 0.3) is 11.1 Å². The van der Waals surface area contributed by atoms with E-state index in [0.29, 0.717) is 6.61 Å². The summed E-state index contributed by atoms with van der Waals surface area (Å²) in [6, 6.07) is 25.9. The van der Waals surface area contributed by atoms with Gasteiger partial charge in [0.25, 0.3) is 0 Å². The summed E-state index contributed by atoms with van der Waals surface area (Å²) in [5.41, 5.74) is 3.94. The molecule has 5 heteroatoms. The number of azo groups is 1. The number of nitrogens with zero attached hydrogens (tertiary/aromatic N) is 2. The van der Waals surface area contributed by atoms with Gasteiger partial charge in [0.15, 0.2) is 0 Å². The first-order chi connectivity index (χ1) is 15.8. The Labute approximate surface area is 190 Å². The Kier molecular flexibility index (Phi) is 9.90. The van der Waals surface area contributed by atoms with Crippen LogP contribution in [0.3, 0.4) is 0 Å². The number of rotatable bonds is 13. The molecule has 32 heavy (non-hydrogen) atoms. The summed E-state index contributed by atoms with van der Waals surface area (Å²) in [6.45, 7) is 0.809. The second-order valence-corrected chi connectivity index (χ2v) is 7.89. The molecule has 2 N–H and O–H groups in total. The van der Waals surface area contributed by atoms with E-state index in [9.17, 15) is 0 Å². The van der Waals surface area contributed by atoms with Gasteiger partial charge in [-0.2, -0.15) is 10.2 Å². The lowest BCUT2D eigenvalue weighted by molar-refractivity contribution is 0.141. The Balaban J connectivity index is 1.37. The quantitative estimate of drug-likeness (QED) is 0.233. The molecule has 0 amide bonds. The maximum atomic E-state index is 9.06. The highest BCUT2D eigenvalue weighted by Gasteiger charge is 2.04. The van der Waals surface area contributed by atoms with Gasteiger partial charge in [-0.05, 0) is 60.4 Å². The summed E-state index contributed by atoms with van der Waals surface area (Å²) < 4.78 is 5.80. The standard InChI is InChI=1S/C27H32N2O3/c30-20-22(21-31)8-4-1-2-7-19-32-27-17-15-26(16-18-27)29-28-25-13-11-24(12-14-25)23-9-5-3-6-10-23/h3,5-6,9-18,22,30-31H,1-2,4,7-8,19-21H2. The third kappa shape index (κ3) is 7.91. The van der Waals surface area contributed by atoms with Crippen LogP contribution < -0.4 is 4.74 Å². The van der Waals surface area contributed by atoms with Crippen LogP contribution in [0.4, 0.5) is 11.4 Å². The molecule has 168 valence electrons. The summed E-state index contributed by atoms with van der Waals surface area (Å²) in [5.74, 6) is 0.854. The molecule has 0 heterocycles. The lowest BCUT2D eigenvalue weighted by Gasteiger charge is -2.10. The van der Waals surface area contributed by atoms with Gasteiger partial charge < -0.3 is 14.9 Å². The molecule has 0 spiro atoms. The van der Waals surface area contributed by atoms with Gasteiger partial charge in [0.1, 0.15) is 5.75 Å². The van der Waals surface area contributed by atoms with Crippen molar-refractivity contribution in [1.29, 1.82) is 0 Å². The molecule has 0 bridgehead atoms. The molecule has 0 radical (unpaired) electrons. The van der Waals surface area contributed by atoms with Crippen LogP contribution in [0.5, 0.6) is 5.75 Å². The number of benzene rings is 3. The van der Waals surface area contributed by atoms with Crippen molar-refractivity contribution in [2.45, 2.75) is 32.1 Å². The fraction of sp³-hybridized carbons (Fsp3) is 0.333. The SMILES string of the molecule is OCC(CO)CCCCCCOc1ccc(N=Nc2ccc(-c3ccccc3)cc2)cc1. The van der Waals surface area contributed by atoms with Gasteiger partial charge in [-0.25, -0.2) is 0 Å². The van der Waals surface area contributed by atoms with Crippen LogP contribution in [0, 0.1) is 5.92 Å². The van der Waals surface area contributed by atoms with Gasteiger partial charge in [0.05, 0.1) is 18.0 Å². The van der Waals surface area contributed by atoms with Gasteiger partial charge >= 0.3 is 0 Å². The summed E-state index contributed by atoms with van der Waals surface area (Å²) in [5, 5.41) is 26.8. The third-order valence-corrected chi connectivity index (χ3v) is 5.38. The van der Waals surface area contributed by atoms with E-state index in [1.807, 2.05) is 54.6 Å². The zero-order valence-corrected chi connectivity index (χ0v) is 18.4. The molecule has 0 saturated carbocycles. The summed E-state index contributed by atoms with van der Waals surface area (Å²) in [4.78, 5) is 0. The van der Waals surface area contributed by atoms with E-state index in [4.69, 9.17) is 14.9 Å². The van der Waals surface area contributed by atoms with Gasteiger partial charge in [-0.1, -0.05) is 61.7 Å². The lowest BCUT2D eigenvalue weighted by Crippen LogP contribution is -2.10. The molecular weight excluding hydrogens is 400 g/mol. The van der Waals surface area contributed by atoms with Crippen LogP contribution in [0.2, 0.25) is 0 Å². The van der Waals surface area contributed by atoms with Crippen LogP contribution >= 0.6 is 0 Å². The second kappa shape index (κ2) is 13.4. The van der Waals surface area contributed by atoms with Crippen LogP contribution in [0.1, 0.15) is 32.1 Å². The molecule has 0 unspecified atom stereocenters. The molecule has 0 atom stereocenters. The number of aliphatic hydroxyl groups is 2. The van der Waals surface area contributed by atoms with Crippen molar-refractivity contribution in [3.63, 3.8) is 0 Å². The van der Waals surface area contributed by atoms with Crippen molar-refractivity contribution in [3.05, 3.63) is 78.9 Å². The van der Waals surface area contributed by atoms with Gasteiger partial charge in [0, 0.05) is 19.1 Å². The first-order valence-electron chi connectivity index (χ1n) is 11.3. The molecule has 3 rings (SSSR count). The van der Waals surface area contributed by atoms with Crippen molar-refractivity contribution >= 4 is 11.4 Å². The summed E-state index contributed by atoms with van der Waals surface area (Å²) >= 11 is 0. The molecule has 0 fully saturated rings. The smallest absolute Gasteiger partial charge is 0.119 e. The Morgan fingerprint density at radius 3 is 1.81 bits per heavy atom. The minimum absolute atomic E-state index is 0.0237. The maximum absolute atomic E-state index is 9.06. The average Bonchev–Trinajstić information content (AvgIpc) is 2.86. The largest absolute Gasteiger partial charge is 0.494 e. The molecule has 0 aliphatic rings. The van der Waals surface area contributed by atoms with Crippen molar-refractivity contribution < 1.29 is 14.9 Å². The Morgan fingerprint density at radius 2 is 1.19 bits per heavy atom. The number of hydrogen-bond acceptors (Lipinski definition) is 5. The van der Waals surface area contributed by atoms with Crippen molar-refractivity contribution in [2.24, 2.45) is 16.1 Å². The fourth-order valence-electron chi connectivity index (χ4n) is 3.39. The first-order valence-corrected chi connectivity index (χ1v) is 11.3. The van der Waals surface area contributed by atoms with Crippen molar-refractivity contribution in [3.8, 4) is 16.9 Å². The molecule has 0 aromatic heterocycles. The van der Waals surface area contributed by atoms with Gasteiger partial charge in [-0.3, -0.25) is 0 Å². The third-order valence-electron chi connectivity index (χ3n) is 5.38. The molecule has 0 aliphatic heterocycles. The minimum atomic E-state index is 0.0237.